The van der Waals surface area contributed by atoms with Gasteiger partial charge in [0.15, 0.2) is 21.8 Å². The number of aromatic nitrogens is 2. The molecule has 35 heteroatoms. The maximum atomic E-state index is 15.3. The van der Waals surface area contributed by atoms with E-state index in [2.05, 4.69) is 78.6 Å². The number of thiocarbonyl (C=S) groups is 2. The maximum Gasteiger partial charge on any atom is 0.417 e. The zero-order chi connectivity index (χ0) is 97.5. The first-order chi connectivity index (χ1) is 63.4. The van der Waals surface area contributed by atoms with E-state index in [9.17, 15) is 62.1 Å². The Hall–Kier alpha value is -13.1. The average molecular weight is 1920 g/mol. The van der Waals surface area contributed by atoms with E-state index in [1.165, 1.54) is 47.9 Å². The summed E-state index contributed by atoms with van der Waals surface area (Å²) in [6, 6.07) is 34.6. The van der Waals surface area contributed by atoms with Crippen LogP contribution in [0.5, 0.6) is 11.5 Å². The molecule has 6 atom stereocenters. The van der Waals surface area contributed by atoms with Gasteiger partial charge in [-0.25, -0.2) is 14.4 Å². The molecule has 6 aromatic carbocycles. The number of amides is 8. The van der Waals surface area contributed by atoms with Crippen molar-refractivity contribution in [1.82, 2.24) is 41.0 Å². The predicted octanol–water partition coefficient (Wildman–Crippen LogP) is 14.6. The lowest BCUT2D eigenvalue weighted by molar-refractivity contribution is -0.144. The first-order valence-electron chi connectivity index (χ1n) is 42.6. The van der Waals surface area contributed by atoms with Crippen LogP contribution in [0.1, 0.15) is 135 Å². The monoisotopic (exact) mass is 1910 g/mol. The van der Waals surface area contributed by atoms with Gasteiger partial charge in [-0.1, -0.05) is 127 Å². The number of carbonyl (C=O) groups is 8. The Morgan fingerprint density at radius 1 is 0.552 bits per heavy atom. The lowest BCUT2D eigenvalue weighted by atomic mass is 9.85. The Morgan fingerprint density at radius 2 is 0.955 bits per heavy atom. The summed E-state index contributed by atoms with van der Waals surface area (Å²) in [7, 11) is 0. The molecule has 4 N–H and O–H groups in total. The fourth-order valence-electron chi connectivity index (χ4n) is 15.5. The molecule has 4 aliphatic rings. The molecule has 2 aromatic heterocycles. The van der Waals surface area contributed by atoms with Crippen LogP contribution in [0, 0.1) is 112 Å². The van der Waals surface area contributed by atoms with E-state index in [-0.39, 0.29) is 113 Å². The number of nitrogens with zero attached hydrogens (tertiary/aromatic N) is 10. The van der Waals surface area contributed by atoms with Crippen LogP contribution in [0.3, 0.4) is 0 Å². The molecule has 0 aliphatic carbocycles. The highest BCUT2D eigenvalue weighted by atomic mass is 35.5. The van der Waals surface area contributed by atoms with Crippen LogP contribution in [-0.4, -0.2) is 165 Å². The van der Waals surface area contributed by atoms with E-state index in [4.69, 9.17) is 55.0 Å². The van der Waals surface area contributed by atoms with Crippen molar-refractivity contribution in [3.63, 3.8) is 0 Å². The van der Waals surface area contributed by atoms with Gasteiger partial charge < -0.3 is 59.8 Å². The summed E-state index contributed by atoms with van der Waals surface area (Å²) >= 11 is 20.7. The van der Waals surface area contributed by atoms with Crippen molar-refractivity contribution in [1.29, 1.82) is 10.5 Å². The second-order valence-corrected chi connectivity index (χ2v) is 38.3. The SMILES string of the molecule is Cc1ncsc1-c1ccc(CNC(=O)[C@@H]2C[C@@H](C)CN2C(=O)[C@@H](NC(=O)COCC#CC#CCOc2ccc(N3C(=S)N(c4ccc(C#N)c(C(F)(F)F)c4)C(=O)C3(C)C)cc2F)C(C)(C)C)cc1.Cc1ncsc1-c1ccc(CNC(=O)[C@@H]2C[C@@H](C)CN2C(=O)[C@@H](NC(=O)COCC#CC#CCOc2ccc(N3C(=S)N(c4ccc(C#N)c(Cl)c4)C(=O)C3(C)C)cc2)C(C)(C)C)cc1. The van der Waals surface area contributed by atoms with Crippen LogP contribution >= 0.6 is 58.7 Å². The zero-order valence-corrected chi connectivity index (χ0v) is 80.1. The van der Waals surface area contributed by atoms with Gasteiger partial charge in [0.25, 0.3) is 11.8 Å². The smallest absolute Gasteiger partial charge is 0.417 e. The number of anilines is 4. The molecule has 12 rings (SSSR count). The van der Waals surface area contributed by atoms with Crippen molar-refractivity contribution in [2.75, 3.05) is 72.3 Å². The van der Waals surface area contributed by atoms with Crippen molar-refractivity contribution >= 4 is 139 Å². The molecule has 4 aliphatic heterocycles. The average Bonchev–Trinajstić information content (AvgIpc) is 1.59. The Kier molecular flexibility index (Phi) is 33.1. The quantitative estimate of drug-likeness (QED) is 0.0169. The van der Waals surface area contributed by atoms with Crippen LogP contribution in [-0.2, 0) is 67.1 Å². The molecular weight excluding hydrogens is 1820 g/mol. The fourth-order valence-corrected chi connectivity index (χ4v) is 18.3. The second kappa shape index (κ2) is 43.7. The summed E-state index contributed by atoms with van der Waals surface area (Å²) in [4.78, 5) is 128. The molecule has 4 saturated heterocycles. The number of ether oxygens (including phenoxy) is 4. The molecule has 8 aromatic rings. The first-order valence-corrected chi connectivity index (χ1v) is 45.5. The number of alkyl halides is 3. The molecule has 8 amide bonds. The van der Waals surface area contributed by atoms with Gasteiger partial charge in [0.2, 0.25) is 35.4 Å². The Morgan fingerprint density at radius 3 is 1.36 bits per heavy atom. The van der Waals surface area contributed by atoms with Crippen LogP contribution in [0.25, 0.3) is 20.9 Å². The van der Waals surface area contributed by atoms with Crippen molar-refractivity contribution in [2.24, 2.45) is 22.7 Å². The summed E-state index contributed by atoms with van der Waals surface area (Å²) in [6.45, 7) is 25.7. The molecule has 0 spiro atoms. The lowest BCUT2D eigenvalue weighted by Gasteiger charge is -2.35. The molecule has 0 saturated carbocycles. The van der Waals surface area contributed by atoms with Crippen LogP contribution < -0.4 is 50.3 Å². The first kappa shape index (κ1) is 101. The number of halogens is 5. The molecule has 134 heavy (non-hydrogen) atoms. The number of aryl methyl sites for hydroxylation is 2. The van der Waals surface area contributed by atoms with Gasteiger partial charge in [0.05, 0.1) is 71.3 Å². The summed E-state index contributed by atoms with van der Waals surface area (Å²) in [5, 5.41) is 30.4. The highest BCUT2D eigenvalue weighted by Crippen LogP contribution is 2.43. The van der Waals surface area contributed by atoms with Gasteiger partial charge in [-0.3, -0.25) is 48.2 Å². The number of nitriles is 2. The summed E-state index contributed by atoms with van der Waals surface area (Å²) in [5.41, 5.74) is 5.28. The van der Waals surface area contributed by atoms with Gasteiger partial charge in [0.1, 0.15) is 86.7 Å². The van der Waals surface area contributed by atoms with Gasteiger partial charge in [-0.2, -0.15) is 23.7 Å². The summed E-state index contributed by atoms with van der Waals surface area (Å²) in [6.07, 6.45) is -3.86. The van der Waals surface area contributed by atoms with Crippen LogP contribution in [0.2, 0.25) is 5.02 Å². The zero-order valence-electron chi connectivity index (χ0n) is 76.1. The molecule has 26 nitrogen and oxygen atoms in total. The van der Waals surface area contributed by atoms with Crippen LogP contribution in [0.15, 0.2) is 138 Å². The standard InChI is InChI=1S/C50H49F4N7O6S2.C49H50ClN7O6S2/c1-30-22-39(44(63)56-26-32-12-14-33(15-13-32)42-31(2)57-29-69-42)59(27-30)45(64)43(48(3,4)5)58-41(62)28-66-20-10-8-9-11-21-67-40-19-18-36(24-38(40)51)61-47(68)60(46(65)49(61,6)7)35-17-16-34(25-55)37(23-35)50(52,53)54;1-31-24-40(44(59)52-27-33-12-14-34(15-13-33)42-32(2)53-30-65-42)55(28-31)45(60)43(48(3,4)5)54-41(58)29-62-22-10-8-9-11-23-63-38-20-18-36(19-21-38)57-47(64)56(46(61)49(57,6)7)37-17-16-35(26-51)39(50)25-37/h12-19,23-24,29-30,39,43H,20-22,26-28H2,1-7H3,(H,56,63)(H,58,62);12-21,25,30-31,40,43H,22-24,27-29H2,1-7H3,(H,52,59)(H,54,58)/t30-,39+,43-;31-,40+,43-/m11/s1. The molecule has 0 unspecified atom stereocenters. The predicted molar refractivity (Wildman–Crippen MR) is 512 cm³/mol. The topological polar surface area (TPSA) is 314 Å². The van der Waals surface area contributed by atoms with E-state index in [0.717, 1.165) is 60.4 Å². The number of rotatable bonds is 26. The maximum absolute atomic E-state index is 15.3. The highest BCUT2D eigenvalue weighted by Gasteiger charge is 2.53. The van der Waals surface area contributed by atoms with Crippen molar-refractivity contribution in [3.05, 3.63) is 188 Å². The van der Waals surface area contributed by atoms with Crippen LogP contribution in [0.4, 0.5) is 40.3 Å². The fraction of sp³-hybridized carbons (Fsp3) is 0.374. The Balaban J connectivity index is 0.000000258. The Labute approximate surface area is 799 Å². The molecule has 0 radical (unpaired) electrons. The minimum atomic E-state index is -4.87. The number of nitrogens with one attached hydrogen (secondary N) is 4. The van der Waals surface area contributed by atoms with E-state index < -0.39 is 93.5 Å². The number of benzene rings is 6. The highest BCUT2D eigenvalue weighted by molar-refractivity contribution is 7.81. The second-order valence-electron chi connectivity index (χ2n) is 35.4. The van der Waals surface area contributed by atoms with Crippen molar-refractivity contribution in [2.45, 2.75) is 164 Å². The van der Waals surface area contributed by atoms with Crippen molar-refractivity contribution in [3.8, 4) is 91.9 Å². The van der Waals surface area contributed by atoms with Gasteiger partial charge in [0, 0.05) is 43.6 Å². The molecule has 4 fully saturated rings. The Bertz CT molecular complexity index is 6190. The third-order valence-corrected chi connectivity index (χ3v) is 25.4. The minimum Gasteiger partial charge on any atom is -0.481 e. The lowest BCUT2D eigenvalue weighted by Crippen LogP contribution is -2.58. The number of thiazole rings is 2. The van der Waals surface area contributed by atoms with Crippen molar-refractivity contribution < 1.29 is 74.9 Å². The molecule has 696 valence electrons. The number of hydrogen-bond acceptors (Lipinski definition) is 20. The van der Waals surface area contributed by atoms with E-state index >= 15 is 4.39 Å². The summed E-state index contributed by atoms with van der Waals surface area (Å²) < 4.78 is 78.5. The third-order valence-electron chi connectivity index (χ3n) is 22.4. The summed E-state index contributed by atoms with van der Waals surface area (Å²) in [5.74, 6) is 17.9. The van der Waals surface area contributed by atoms with Gasteiger partial charge in [-0.15, -0.1) is 22.7 Å². The molecule has 0 bridgehead atoms. The largest absolute Gasteiger partial charge is 0.481 e. The number of hydrogen-bond donors (Lipinski definition) is 4. The minimum absolute atomic E-state index is 0.0548. The van der Waals surface area contributed by atoms with Gasteiger partial charge in [-0.05, 0) is 232 Å². The number of likely N-dealkylation sites (tertiary alicyclic amines) is 2. The molecular formula is C99H99ClF4N14O12S4. The number of carbonyl (C=O) groups excluding carboxylic acids is 8. The normalized spacial score (nSPS) is 17.1. The van der Waals surface area contributed by atoms with E-state index in [0.29, 0.717) is 61.2 Å². The molecule has 6 heterocycles. The van der Waals surface area contributed by atoms with E-state index in [1.807, 2.05) is 129 Å². The third kappa shape index (κ3) is 24.5. The van der Waals surface area contributed by atoms with E-state index in [1.54, 1.807) is 99.2 Å². The van der Waals surface area contributed by atoms with Gasteiger partial charge >= 0.3 is 6.18 Å².